The molecule has 124 valence electrons. The summed E-state index contributed by atoms with van der Waals surface area (Å²) in [6.45, 7) is 3.15. The summed E-state index contributed by atoms with van der Waals surface area (Å²) in [6, 6.07) is 1.75. The van der Waals surface area contributed by atoms with E-state index in [1.54, 1.807) is 17.4 Å². The van der Waals surface area contributed by atoms with Gasteiger partial charge in [0, 0.05) is 24.2 Å². The van der Waals surface area contributed by atoms with Crippen LogP contribution in [0.15, 0.2) is 22.9 Å². The molecule has 0 bridgehead atoms. The average molecular weight is 344 g/mol. The monoisotopic (exact) mass is 344 g/mol. The highest BCUT2D eigenvalue weighted by molar-refractivity contribution is 7.18. The number of aryl methyl sites for hydroxylation is 2. The fraction of sp³-hybridized carbons (Fsp3) is 0.333. The highest BCUT2D eigenvalue weighted by Crippen LogP contribution is 2.28. The number of nitrogens with zero attached hydrogens (tertiary/aromatic N) is 4. The van der Waals surface area contributed by atoms with E-state index in [4.69, 9.17) is 4.42 Å². The van der Waals surface area contributed by atoms with E-state index in [-0.39, 0.29) is 6.03 Å². The number of amides is 2. The molecule has 0 aliphatic carbocycles. The van der Waals surface area contributed by atoms with Crippen molar-refractivity contribution in [3.63, 3.8) is 0 Å². The third kappa shape index (κ3) is 2.78. The lowest BCUT2D eigenvalue weighted by Gasteiger charge is -2.19. The van der Waals surface area contributed by atoms with Gasteiger partial charge in [-0.1, -0.05) is 11.3 Å². The lowest BCUT2D eigenvalue weighted by molar-refractivity contribution is 0.210. The molecule has 0 saturated heterocycles. The number of rotatable bonds is 2. The number of aromatic nitrogens is 4. The SMILES string of the molecule is Cc1[nH]ncc1-c1nnc(NC(=O)N2CCCc3occc3C2)s1. The minimum atomic E-state index is -0.171. The van der Waals surface area contributed by atoms with E-state index >= 15 is 0 Å². The van der Waals surface area contributed by atoms with Crippen LogP contribution in [0.2, 0.25) is 0 Å². The van der Waals surface area contributed by atoms with Gasteiger partial charge < -0.3 is 9.32 Å². The Morgan fingerprint density at radius 2 is 2.38 bits per heavy atom. The van der Waals surface area contributed by atoms with Gasteiger partial charge in [-0.3, -0.25) is 10.4 Å². The fourth-order valence-corrected chi connectivity index (χ4v) is 3.54. The Morgan fingerprint density at radius 3 is 3.21 bits per heavy atom. The quantitative estimate of drug-likeness (QED) is 0.744. The van der Waals surface area contributed by atoms with Gasteiger partial charge in [-0.15, -0.1) is 10.2 Å². The number of furan rings is 1. The number of anilines is 1. The Kier molecular flexibility index (Phi) is 3.77. The van der Waals surface area contributed by atoms with Crippen molar-refractivity contribution in [2.45, 2.75) is 26.3 Å². The summed E-state index contributed by atoms with van der Waals surface area (Å²) in [6.07, 6.45) is 5.12. The minimum absolute atomic E-state index is 0.171. The van der Waals surface area contributed by atoms with Crippen molar-refractivity contribution in [3.8, 4) is 10.6 Å². The second-order valence-electron chi connectivity index (χ2n) is 5.65. The number of urea groups is 1. The molecule has 2 N–H and O–H groups in total. The summed E-state index contributed by atoms with van der Waals surface area (Å²) < 4.78 is 5.45. The number of fused-ring (bicyclic) bond motifs is 1. The van der Waals surface area contributed by atoms with Gasteiger partial charge in [-0.25, -0.2) is 4.79 Å². The molecule has 0 radical (unpaired) electrons. The van der Waals surface area contributed by atoms with E-state index in [1.807, 2.05) is 13.0 Å². The molecule has 3 aromatic rings. The molecule has 2 amide bonds. The Hall–Kier alpha value is -2.68. The van der Waals surface area contributed by atoms with Crippen molar-refractivity contribution in [2.75, 3.05) is 11.9 Å². The third-order valence-electron chi connectivity index (χ3n) is 4.02. The van der Waals surface area contributed by atoms with Crippen molar-refractivity contribution in [2.24, 2.45) is 0 Å². The number of nitrogens with one attached hydrogen (secondary N) is 2. The second-order valence-corrected chi connectivity index (χ2v) is 6.62. The molecule has 0 spiro atoms. The lowest BCUT2D eigenvalue weighted by atomic mass is 10.2. The fourth-order valence-electron chi connectivity index (χ4n) is 2.74. The first-order chi connectivity index (χ1) is 11.7. The molecule has 24 heavy (non-hydrogen) atoms. The highest BCUT2D eigenvalue weighted by Gasteiger charge is 2.22. The van der Waals surface area contributed by atoms with Crippen LogP contribution in [0.5, 0.6) is 0 Å². The van der Waals surface area contributed by atoms with Crippen LogP contribution in [0.3, 0.4) is 0 Å². The topological polar surface area (TPSA) is 99.9 Å². The minimum Gasteiger partial charge on any atom is -0.469 e. The number of hydrogen-bond acceptors (Lipinski definition) is 6. The van der Waals surface area contributed by atoms with E-state index in [9.17, 15) is 4.79 Å². The van der Waals surface area contributed by atoms with Crippen LogP contribution < -0.4 is 5.32 Å². The molecule has 1 aliphatic heterocycles. The molecule has 0 fully saturated rings. The average Bonchev–Trinajstić information content (AvgIpc) is 3.27. The molecule has 4 heterocycles. The number of aromatic amines is 1. The largest absolute Gasteiger partial charge is 0.469 e. The van der Waals surface area contributed by atoms with Crippen LogP contribution in [0.4, 0.5) is 9.93 Å². The summed E-state index contributed by atoms with van der Waals surface area (Å²) in [4.78, 5) is 14.3. The van der Waals surface area contributed by atoms with Gasteiger partial charge in [0.15, 0.2) is 5.01 Å². The Morgan fingerprint density at radius 1 is 1.46 bits per heavy atom. The molecule has 3 aromatic heterocycles. The van der Waals surface area contributed by atoms with E-state index in [0.717, 1.165) is 40.4 Å². The van der Waals surface area contributed by atoms with Crippen LogP contribution in [0.25, 0.3) is 10.6 Å². The zero-order valence-corrected chi connectivity index (χ0v) is 13.9. The first-order valence-corrected chi connectivity index (χ1v) is 8.47. The van der Waals surface area contributed by atoms with Crippen molar-refractivity contribution >= 4 is 22.5 Å². The zero-order valence-electron chi connectivity index (χ0n) is 13.1. The number of carbonyl (C=O) groups excluding carboxylic acids is 1. The first-order valence-electron chi connectivity index (χ1n) is 7.66. The van der Waals surface area contributed by atoms with E-state index in [1.165, 1.54) is 11.3 Å². The van der Waals surface area contributed by atoms with E-state index in [0.29, 0.717) is 18.2 Å². The molecule has 9 heteroatoms. The van der Waals surface area contributed by atoms with Gasteiger partial charge in [0.05, 0.1) is 24.6 Å². The lowest BCUT2D eigenvalue weighted by Crippen LogP contribution is -2.34. The number of carbonyl (C=O) groups is 1. The summed E-state index contributed by atoms with van der Waals surface area (Å²) in [5.41, 5.74) is 2.88. The third-order valence-corrected chi connectivity index (χ3v) is 4.89. The maximum Gasteiger partial charge on any atom is 0.323 e. The molecular weight excluding hydrogens is 328 g/mol. The van der Waals surface area contributed by atoms with Gasteiger partial charge in [-0.05, 0) is 19.4 Å². The van der Waals surface area contributed by atoms with Crippen molar-refractivity contribution in [1.82, 2.24) is 25.3 Å². The predicted molar refractivity (Wildman–Crippen MR) is 88.7 cm³/mol. The van der Waals surface area contributed by atoms with Crippen LogP contribution in [0, 0.1) is 6.92 Å². The maximum atomic E-state index is 12.5. The van der Waals surface area contributed by atoms with E-state index < -0.39 is 0 Å². The standard InChI is InChI=1S/C15H16N6O2S/c1-9-11(7-16-18-9)13-19-20-14(24-13)17-15(22)21-5-2-3-12-10(8-21)4-6-23-12/h4,6-7H,2-3,5,8H2,1H3,(H,16,18)(H,17,20,22). The zero-order chi connectivity index (χ0) is 16.5. The number of H-pyrrole nitrogens is 1. The van der Waals surface area contributed by atoms with Crippen molar-refractivity contribution < 1.29 is 9.21 Å². The number of hydrogen-bond donors (Lipinski definition) is 2. The molecule has 1 aliphatic rings. The van der Waals surface area contributed by atoms with Crippen molar-refractivity contribution in [3.05, 3.63) is 35.5 Å². The predicted octanol–water partition coefficient (Wildman–Crippen LogP) is 2.81. The second kappa shape index (κ2) is 6.08. The maximum absolute atomic E-state index is 12.5. The van der Waals surface area contributed by atoms with Crippen molar-refractivity contribution in [1.29, 1.82) is 0 Å². The van der Waals surface area contributed by atoms with Crippen LogP contribution >= 0.6 is 11.3 Å². The molecule has 0 unspecified atom stereocenters. The van der Waals surface area contributed by atoms with Gasteiger partial charge in [0.1, 0.15) is 5.76 Å². The Bertz CT molecular complexity index is 867. The summed E-state index contributed by atoms with van der Waals surface area (Å²) in [7, 11) is 0. The molecule has 4 rings (SSSR count). The molecule has 0 aromatic carbocycles. The van der Waals surface area contributed by atoms with Gasteiger partial charge in [-0.2, -0.15) is 5.10 Å². The first kappa shape index (κ1) is 14.9. The highest BCUT2D eigenvalue weighted by atomic mass is 32.1. The molecule has 8 nitrogen and oxygen atoms in total. The Balaban J connectivity index is 1.47. The van der Waals surface area contributed by atoms with E-state index in [2.05, 4.69) is 25.7 Å². The molecular formula is C15H16N6O2S. The van der Waals surface area contributed by atoms with Gasteiger partial charge >= 0.3 is 6.03 Å². The van der Waals surface area contributed by atoms with Crippen LogP contribution in [0.1, 0.15) is 23.4 Å². The van der Waals surface area contributed by atoms with Gasteiger partial charge in [0.25, 0.3) is 0 Å². The van der Waals surface area contributed by atoms with Crippen LogP contribution in [-0.2, 0) is 13.0 Å². The summed E-state index contributed by atoms with van der Waals surface area (Å²) in [5, 5.41) is 19.1. The van der Waals surface area contributed by atoms with Crippen LogP contribution in [-0.4, -0.2) is 37.9 Å². The normalized spacial score (nSPS) is 14.3. The van der Waals surface area contributed by atoms with Gasteiger partial charge in [0.2, 0.25) is 5.13 Å². The Labute approximate surface area is 141 Å². The summed E-state index contributed by atoms with van der Waals surface area (Å²) in [5.74, 6) is 0.971. The summed E-state index contributed by atoms with van der Waals surface area (Å²) >= 11 is 1.33. The smallest absolute Gasteiger partial charge is 0.323 e. The molecule has 0 atom stereocenters. The molecule has 0 saturated carbocycles.